The molecule has 0 aromatic carbocycles. The molecule has 2 aliphatic rings. The average Bonchev–Trinajstić information content (AvgIpc) is 2.31. The lowest BCUT2D eigenvalue weighted by molar-refractivity contribution is -0.123. The van der Waals surface area contributed by atoms with Gasteiger partial charge in [-0.1, -0.05) is 12.2 Å². The number of hydrogen-bond donors (Lipinski definition) is 2. The predicted octanol–water partition coefficient (Wildman–Crippen LogP) is 0.590. The minimum atomic E-state index is 0.142. The minimum Gasteiger partial charge on any atom is -0.378 e. The van der Waals surface area contributed by atoms with E-state index in [0.29, 0.717) is 19.1 Å². The molecule has 16 heavy (non-hydrogen) atoms. The van der Waals surface area contributed by atoms with E-state index in [0.717, 1.165) is 32.4 Å². The Morgan fingerprint density at radius 1 is 1.50 bits per heavy atom. The summed E-state index contributed by atoms with van der Waals surface area (Å²) in [5.74, 6) is 0.142. The lowest BCUT2D eigenvalue weighted by atomic mass is 10.0. The number of rotatable bonds is 3. The predicted molar refractivity (Wildman–Crippen MR) is 62.1 cm³/mol. The highest BCUT2D eigenvalue weighted by Gasteiger charge is 2.19. The highest BCUT2D eigenvalue weighted by molar-refractivity contribution is 5.77. The second-order valence-corrected chi connectivity index (χ2v) is 4.48. The maximum Gasteiger partial charge on any atom is 0.221 e. The summed E-state index contributed by atoms with van der Waals surface area (Å²) in [7, 11) is 0. The number of amides is 1. The van der Waals surface area contributed by atoms with Crippen LogP contribution in [-0.4, -0.2) is 37.7 Å². The first kappa shape index (κ1) is 11.6. The summed E-state index contributed by atoms with van der Waals surface area (Å²) in [5.41, 5.74) is 0. The fourth-order valence-electron chi connectivity index (χ4n) is 2.19. The van der Waals surface area contributed by atoms with Crippen LogP contribution >= 0.6 is 0 Å². The van der Waals surface area contributed by atoms with Crippen LogP contribution in [0.15, 0.2) is 12.2 Å². The van der Waals surface area contributed by atoms with E-state index >= 15 is 0 Å². The maximum absolute atomic E-state index is 11.7. The van der Waals surface area contributed by atoms with Crippen molar-refractivity contribution in [2.75, 3.05) is 19.8 Å². The molecule has 2 atom stereocenters. The van der Waals surface area contributed by atoms with E-state index in [9.17, 15) is 4.79 Å². The molecule has 1 fully saturated rings. The Hall–Kier alpha value is -0.870. The molecular formula is C12H20N2O2. The molecule has 2 N–H and O–H groups in total. The van der Waals surface area contributed by atoms with Gasteiger partial charge in [0.15, 0.2) is 0 Å². The molecule has 2 unspecified atom stereocenters. The van der Waals surface area contributed by atoms with E-state index in [4.69, 9.17) is 4.74 Å². The Kier molecular flexibility index (Phi) is 4.36. The van der Waals surface area contributed by atoms with Crippen molar-refractivity contribution in [3.05, 3.63) is 12.2 Å². The van der Waals surface area contributed by atoms with Crippen LogP contribution in [0.2, 0.25) is 0 Å². The van der Waals surface area contributed by atoms with E-state index in [1.807, 2.05) is 0 Å². The first-order chi connectivity index (χ1) is 7.84. The standard InChI is InChI=1S/C12H20N2O2/c15-12(8-11-9-16-7-6-13-11)14-10-4-2-1-3-5-10/h1-2,10-11,13H,3-9H2,(H,14,15). The third-order valence-corrected chi connectivity index (χ3v) is 3.06. The van der Waals surface area contributed by atoms with E-state index in [1.54, 1.807) is 0 Å². The van der Waals surface area contributed by atoms with Crippen LogP contribution < -0.4 is 10.6 Å². The third kappa shape index (κ3) is 3.61. The molecule has 1 saturated heterocycles. The van der Waals surface area contributed by atoms with Crippen LogP contribution in [-0.2, 0) is 9.53 Å². The Balaban J connectivity index is 1.68. The summed E-state index contributed by atoms with van der Waals surface area (Å²) in [6.45, 7) is 2.26. The maximum atomic E-state index is 11.7. The molecular weight excluding hydrogens is 204 g/mol. The summed E-state index contributed by atoms with van der Waals surface area (Å²) in [6.07, 6.45) is 7.97. The molecule has 1 aliphatic carbocycles. The van der Waals surface area contributed by atoms with Gasteiger partial charge >= 0.3 is 0 Å². The smallest absolute Gasteiger partial charge is 0.221 e. The van der Waals surface area contributed by atoms with Gasteiger partial charge in [0.2, 0.25) is 5.91 Å². The SMILES string of the molecule is O=C(CC1COCCN1)NC1CC=CCC1. The van der Waals surface area contributed by atoms with Gasteiger partial charge in [-0.3, -0.25) is 4.79 Å². The molecule has 0 radical (unpaired) electrons. The van der Waals surface area contributed by atoms with Crippen molar-refractivity contribution in [3.8, 4) is 0 Å². The number of allylic oxidation sites excluding steroid dienone is 1. The molecule has 1 heterocycles. The number of morpholine rings is 1. The fourth-order valence-corrected chi connectivity index (χ4v) is 2.19. The summed E-state index contributed by atoms with van der Waals surface area (Å²) < 4.78 is 5.32. The molecule has 2 rings (SSSR count). The van der Waals surface area contributed by atoms with Gasteiger partial charge in [-0.25, -0.2) is 0 Å². The second kappa shape index (κ2) is 6.01. The molecule has 90 valence electrons. The summed E-state index contributed by atoms with van der Waals surface area (Å²) >= 11 is 0. The molecule has 1 aliphatic heterocycles. The van der Waals surface area contributed by atoms with Crippen LogP contribution in [0.5, 0.6) is 0 Å². The highest BCUT2D eigenvalue weighted by Crippen LogP contribution is 2.10. The van der Waals surface area contributed by atoms with Gasteiger partial charge in [0.05, 0.1) is 13.2 Å². The lowest BCUT2D eigenvalue weighted by Gasteiger charge is -2.25. The Morgan fingerprint density at radius 2 is 2.44 bits per heavy atom. The molecule has 0 aromatic rings. The van der Waals surface area contributed by atoms with Crippen molar-refractivity contribution < 1.29 is 9.53 Å². The van der Waals surface area contributed by atoms with E-state index in [-0.39, 0.29) is 11.9 Å². The van der Waals surface area contributed by atoms with Crippen molar-refractivity contribution in [3.63, 3.8) is 0 Å². The van der Waals surface area contributed by atoms with Crippen LogP contribution in [0.1, 0.15) is 25.7 Å². The normalized spacial score (nSPS) is 30.0. The summed E-state index contributed by atoms with van der Waals surface area (Å²) in [4.78, 5) is 11.7. The zero-order valence-electron chi connectivity index (χ0n) is 9.58. The summed E-state index contributed by atoms with van der Waals surface area (Å²) in [6, 6.07) is 0.523. The zero-order valence-corrected chi connectivity index (χ0v) is 9.58. The third-order valence-electron chi connectivity index (χ3n) is 3.06. The Morgan fingerprint density at radius 3 is 3.12 bits per heavy atom. The zero-order chi connectivity index (χ0) is 11.2. The van der Waals surface area contributed by atoms with Crippen molar-refractivity contribution in [1.29, 1.82) is 0 Å². The van der Waals surface area contributed by atoms with E-state index in [1.165, 1.54) is 0 Å². The average molecular weight is 224 g/mol. The van der Waals surface area contributed by atoms with Gasteiger partial charge in [0, 0.05) is 25.0 Å². The molecule has 4 nitrogen and oxygen atoms in total. The molecule has 0 aromatic heterocycles. The number of ether oxygens (including phenoxy) is 1. The molecule has 1 amide bonds. The number of carbonyl (C=O) groups excluding carboxylic acids is 1. The Bertz CT molecular complexity index is 260. The van der Waals surface area contributed by atoms with Crippen LogP contribution in [0.4, 0.5) is 0 Å². The van der Waals surface area contributed by atoms with Gasteiger partial charge in [0.1, 0.15) is 0 Å². The topological polar surface area (TPSA) is 50.4 Å². The molecule has 0 saturated carbocycles. The van der Waals surface area contributed by atoms with Crippen LogP contribution in [0.3, 0.4) is 0 Å². The second-order valence-electron chi connectivity index (χ2n) is 4.48. The molecule has 0 bridgehead atoms. The number of carbonyl (C=O) groups is 1. The minimum absolute atomic E-state index is 0.142. The summed E-state index contributed by atoms with van der Waals surface area (Å²) in [5, 5.41) is 6.37. The van der Waals surface area contributed by atoms with Crippen molar-refractivity contribution >= 4 is 5.91 Å². The monoisotopic (exact) mass is 224 g/mol. The largest absolute Gasteiger partial charge is 0.378 e. The van der Waals surface area contributed by atoms with E-state index < -0.39 is 0 Å². The number of nitrogens with one attached hydrogen (secondary N) is 2. The van der Waals surface area contributed by atoms with Crippen LogP contribution in [0.25, 0.3) is 0 Å². The fraction of sp³-hybridized carbons (Fsp3) is 0.750. The van der Waals surface area contributed by atoms with Gasteiger partial charge in [0.25, 0.3) is 0 Å². The number of hydrogen-bond acceptors (Lipinski definition) is 3. The van der Waals surface area contributed by atoms with Gasteiger partial charge in [-0.15, -0.1) is 0 Å². The highest BCUT2D eigenvalue weighted by atomic mass is 16.5. The Labute approximate surface area is 96.4 Å². The van der Waals surface area contributed by atoms with Gasteiger partial charge < -0.3 is 15.4 Å². The van der Waals surface area contributed by atoms with E-state index in [2.05, 4.69) is 22.8 Å². The van der Waals surface area contributed by atoms with Crippen molar-refractivity contribution in [1.82, 2.24) is 10.6 Å². The van der Waals surface area contributed by atoms with Crippen LogP contribution in [0, 0.1) is 0 Å². The first-order valence-corrected chi connectivity index (χ1v) is 6.10. The quantitative estimate of drug-likeness (QED) is 0.690. The van der Waals surface area contributed by atoms with Crippen molar-refractivity contribution in [2.45, 2.75) is 37.8 Å². The molecule has 4 heteroatoms. The lowest BCUT2D eigenvalue weighted by Crippen LogP contribution is -2.45. The van der Waals surface area contributed by atoms with Gasteiger partial charge in [-0.05, 0) is 19.3 Å². The van der Waals surface area contributed by atoms with Crippen molar-refractivity contribution in [2.24, 2.45) is 0 Å². The van der Waals surface area contributed by atoms with Gasteiger partial charge in [-0.2, -0.15) is 0 Å². The molecule has 0 spiro atoms. The first-order valence-electron chi connectivity index (χ1n) is 6.10.